The summed E-state index contributed by atoms with van der Waals surface area (Å²) in [7, 11) is -3.73. The summed E-state index contributed by atoms with van der Waals surface area (Å²) < 4.78 is 45.2. The van der Waals surface area contributed by atoms with E-state index >= 15 is 0 Å². The number of ketones is 1. The second-order valence-corrected chi connectivity index (χ2v) is 8.65. The zero-order valence-electron chi connectivity index (χ0n) is 15.8. The first-order valence-corrected chi connectivity index (χ1v) is 10.9. The lowest BCUT2D eigenvalue weighted by atomic mass is 9.92. The number of carbonyl (C=O) groups is 2. The topological polar surface area (TPSA) is 89.5 Å². The van der Waals surface area contributed by atoms with Crippen LogP contribution >= 0.6 is 0 Å². The lowest BCUT2D eigenvalue weighted by molar-refractivity contribution is -0.142. The van der Waals surface area contributed by atoms with Gasteiger partial charge in [-0.15, -0.1) is 0 Å². The van der Waals surface area contributed by atoms with Crippen molar-refractivity contribution >= 4 is 21.8 Å². The number of aryl methyl sites for hydroxylation is 2. The number of rotatable bonds is 8. The van der Waals surface area contributed by atoms with Crippen LogP contribution in [-0.4, -0.2) is 33.3 Å². The molecule has 1 N–H and O–H groups in total. The van der Waals surface area contributed by atoms with Gasteiger partial charge in [0.2, 0.25) is 10.0 Å². The summed E-state index contributed by atoms with van der Waals surface area (Å²) in [4.78, 5) is 23.8. The van der Waals surface area contributed by atoms with Gasteiger partial charge < -0.3 is 4.74 Å². The number of hydrogen-bond donors (Lipinski definition) is 1. The first-order chi connectivity index (χ1) is 13.8. The van der Waals surface area contributed by atoms with Gasteiger partial charge in [0.05, 0.1) is 11.3 Å². The summed E-state index contributed by atoms with van der Waals surface area (Å²) in [6.45, 7) is -0.674. The van der Waals surface area contributed by atoms with Gasteiger partial charge in [-0.1, -0.05) is 18.2 Å². The van der Waals surface area contributed by atoms with Crippen molar-refractivity contribution < 1.29 is 27.1 Å². The Morgan fingerprint density at radius 2 is 1.79 bits per heavy atom. The molecule has 0 heterocycles. The Morgan fingerprint density at radius 1 is 1.03 bits per heavy atom. The van der Waals surface area contributed by atoms with Gasteiger partial charge in [-0.05, 0) is 61.1 Å². The van der Waals surface area contributed by atoms with Crippen LogP contribution in [0.3, 0.4) is 0 Å². The minimum Gasteiger partial charge on any atom is -0.457 e. The number of fused-ring (bicyclic) bond motifs is 1. The van der Waals surface area contributed by atoms with Crippen LogP contribution < -0.4 is 4.72 Å². The predicted octanol–water partition coefficient (Wildman–Crippen LogP) is 2.80. The average Bonchev–Trinajstić information content (AvgIpc) is 2.71. The van der Waals surface area contributed by atoms with Crippen LogP contribution in [0, 0.1) is 5.82 Å². The zero-order valence-corrected chi connectivity index (χ0v) is 16.6. The molecule has 8 heteroatoms. The van der Waals surface area contributed by atoms with Crippen LogP contribution in [0.15, 0.2) is 47.4 Å². The van der Waals surface area contributed by atoms with Gasteiger partial charge in [-0.2, -0.15) is 0 Å². The largest absolute Gasteiger partial charge is 0.457 e. The third kappa shape index (κ3) is 5.71. The Bertz CT molecular complexity index is 1020. The molecule has 6 nitrogen and oxygen atoms in total. The minimum atomic E-state index is -3.73. The molecule has 1 aliphatic carbocycles. The Morgan fingerprint density at radius 3 is 2.55 bits per heavy atom. The molecule has 0 saturated heterocycles. The second-order valence-electron chi connectivity index (χ2n) is 6.88. The van der Waals surface area contributed by atoms with E-state index in [1.807, 2.05) is 6.07 Å². The number of esters is 1. The maximum atomic E-state index is 13.1. The van der Waals surface area contributed by atoms with E-state index in [4.69, 9.17) is 4.74 Å². The van der Waals surface area contributed by atoms with Gasteiger partial charge in [0.1, 0.15) is 5.82 Å². The van der Waals surface area contributed by atoms with Crippen LogP contribution in [0.4, 0.5) is 4.39 Å². The molecule has 29 heavy (non-hydrogen) atoms. The average molecular weight is 419 g/mol. The first-order valence-electron chi connectivity index (χ1n) is 9.41. The standard InChI is InChI=1S/C21H22FNO5S/c22-18-7-3-6-17(12-18)20(24)14-28-21(25)10-11-23-29(26,27)19-9-8-15-4-1-2-5-16(15)13-19/h3,6-9,12-13,23H,1-2,4-5,10-11,14H2. The van der Waals surface area contributed by atoms with E-state index in [0.29, 0.717) is 0 Å². The molecule has 154 valence electrons. The molecule has 0 amide bonds. The number of ether oxygens (including phenoxy) is 1. The Kier molecular flexibility index (Phi) is 6.76. The highest BCUT2D eigenvalue weighted by molar-refractivity contribution is 7.89. The SMILES string of the molecule is O=C(CCNS(=O)(=O)c1ccc2c(c1)CCCC2)OCC(=O)c1cccc(F)c1. The van der Waals surface area contributed by atoms with E-state index in [9.17, 15) is 22.4 Å². The lowest BCUT2D eigenvalue weighted by Gasteiger charge is -2.16. The summed E-state index contributed by atoms with van der Waals surface area (Å²) in [6.07, 6.45) is 3.76. The van der Waals surface area contributed by atoms with Crippen molar-refractivity contribution in [2.75, 3.05) is 13.2 Å². The third-order valence-electron chi connectivity index (χ3n) is 4.76. The number of sulfonamides is 1. The van der Waals surface area contributed by atoms with Crippen LogP contribution in [0.5, 0.6) is 0 Å². The Hall–Kier alpha value is -2.58. The van der Waals surface area contributed by atoms with Gasteiger partial charge in [-0.3, -0.25) is 9.59 Å². The monoisotopic (exact) mass is 419 g/mol. The van der Waals surface area contributed by atoms with Gasteiger partial charge in [0, 0.05) is 12.1 Å². The highest BCUT2D eigenvalue weighted by Gasteiger charge is 2.18. The molecule has 0 radical (unpaired) electrons. The molecule has 2 aromatic carbocycles. The van der Waals surface area contributed by atoms with Crippen molar-refractivity contribution in [3.05, 3.63) is 65.0 Å². The molecular formula is C21H22FNO5S. The zero-order chi connectivity index (χ0) is 20.9. The molecular weight excluding hydrogens is 397 g/mol. The molecule has 0 unspecified atom stereocenters. The van der Waals surface area contributed by atoms with Crippen molar-refractivity contribution in [2.24, 2.45) is 0 Å². The van der Waals surface area contributed by atoms with E-state index in [1.54, 1.807) is 12.1 Å². The fraction of sp³-hybridized carbons (Fsp3) is 0.333. The Balaban J connectivity index is 1.47. The smallest absolute Gasteiger partial charge is 0.307 e. The highest BCUT2D eigenvalue weighted by Crippen LogP contribution is 2.24. The summed E-state index contributed by atoms with van der Waals surface area (Å²) in [6, 6.07) is 10.2. The van der Waals surface area contributed by atoms with Gasteiger partial charge in [0.25, 0.3) is 0 Å². The summed E-state index contributed by atoms with van der Waals surface area (Å²) >= 11 is 0. The van der Waals surface area contributed by atoms with Crippen LogP contribution in [0.1, 0.15) is 40.7 Å². The first kappa shape index (κ1) is 21.1. The van der Waals surface area contributed by atoms with E-state index in [2.05, 4.69) is 4.72 Å². The molecule has 0 aliphatic heterocycles. The maximum absolute atomic E-state index is 13.1. The summed E-state index contributed by atoms with van der Waals surface area (Å²) in [5.74, 6) is -1.81. The number of carbonyl (C=O) groups excluding carboxylic acids is 2. The van der Waals surface area contributed by atoms with E-state index < -0.39 is 34.2 Å². The molecule has 0 fully saturated rings. The van der Waals surface area contributed by atoms with Crippen molar-refractivity contribution in [1.29, 1.82) is 0 Å². The molecule has 0 aromatic heterocycles. The van der Waals surface area contributed by atoms with E-state index in [0.717, 1.165) is 37.3 Å². The summed E-state index contributed by atoms with van der Waals surface area (Å²) in [5, 5.41) is 0. The fourth-order valence-corrected chi connectivity index (χ4v) is 4.29. The van der Waals surface area contributed by atoms with Gasteiger partial charge in [-0.25, -0.2) is 17.5 Å². The van der Waals surface area contributed by atoms with Crippen LogP contribution in [-0.2, 0) is 32.4 Å². The van der Waals surface area contributed by atoms with Crippen molar-refractivity contribution in [1.82, 2.24) is 4.72 Å². The number of nitrogens with one attached hydrogen (secondary N) is 1. The summed E-state index contributed by atoms with van der Waals surface area (Å²) in [5.41, 5.74) is 2.34. The normalized spacial score (nSPS) is 13.6. The van der Waals surface area contributed by atoms with E-state index in [-0.39, 0.29) is 23.4 Å². The predicted molar refractivity (Wildman–Crippen MR) is 105 cm³/mol. The van der Waals surface area contributed by atoms with Crippen LogP contribution in [0.25, 0.3) is 0 Å². The quantitative estimate of drug-likeness (QED) is 0.525. The minimum absolute atomic E-state index is 0.103. The maximum Gasteiger partial charge on any atom is 0.307 e. The molecule has 3 rings (SSSR count). The Labute approximate surface area is 169 Å². The van der Waals surface area contributed by atoms with Crippen molar-refractivity contribution in [3.8, 4) is 0 Å². The van der Waals surface area contributed by atoms with Crippen LogP contribution in [0.2, 0.25) is 0 Å². The van der Waals surface area contributed by atoms with Gasteiger partial charge in [0.15, 0.2) is 12.4 Å². The van der Waals surface area contributed by atoms with Crippen molar-refractivity contribution in [3.63, 3.8) is 0 Å². The number of Topliss-reactive ketones (excluding diaryl/α,β-unsaturated/α-hetero) is 1. The van der Waals surface area contributed by atoms with Crippen molar-refractivity contribution in [2.45, 2.75) is 37.0 Å². The number of benzene rings is 2. The molecule has 2 aromatic rings. The third-order valence-corrected chi connectivity index (χ3v) is 6.22. The number of hydrogen-bond acceptors (Lipinski definition) is 5. The number of halogens is 1. The lowest BCUT2D eigenvalue weighted by Crippen LogP contribution is -2.27. The highest BCUT2D eigenvalue weighted by atomic mass is 32.2. The van der Waals surface area contributed by atoms with E-state index in [1.165, 1.54) is 23.8 Å². The molecule has 0 saturated carbocycles. The molecule has 0 atom stereocenters. The molecule has 0 bridgehead atoms. The molecule has 0 spiro atoms. The van der Waals surface area contributed by atoms with Gasteiger partial charge >= 0.3 is 5.97 Å². The molecule has 1 aliphatic rings. The second kappa shape index (κ2) is 9.28. The fourth-order valence-electron chi connectivity index (χ4n) is 3.21.